The molecule has 0 aliphatic rings. The smallest absolute Gasteiger partial charge is 0.146 e. The second-order valence-corrected chi connectivity index (χ2v) is 2.74. The summed E-state index contributed by atoms with van der Waals surface area (Å²) in [6.07, 6.45) is 2.94. The highest BCUT2D eigenvalue weighted by Crippen LogP contribution is 2.00. The van der Waals surface area contributed by atoms with E-state index < -0.39 is 0 Å². The first-order chi connectivity index (χ1) is 7.22. The highest BCUT2D eigenvalue weighted by Gasteiger charge is 2.09. The van der Waals surface area contributed by atoms with Gasteiger partial charge in [0, 0.05) is 0 Å². The first-order valence-corrected chi connectivity index (χ1v) is 6.10. The van der Waals surface area contributed by atoms with E-state index in [1.807, 2.05) is 34.7 Å². The Hall–Kier alpha value is -0.410. The minimum Gasteiger partial charge on any atom is -0.330 e. The van der Waals surface area contributed by atoms with Crippen LogP contribution in [0.2, 0.25) is 0 Å². The lowest BCUT2D eigenvalue weighted by molar-refractivity contribution is -0.119. The quantitative estimate of drug-likeness (QED) is 0.673. The van der Waals surface area contributed by atoms with Crippen LogP contribution in [0.15, 0.2) is 0 Å². The Morgan fingerprint density at radius 2 is 1.67 bits per heavy atom. The van der Waals surface area contributed by atoms with Gasteiger partial charge in [-0.25, -0.2) is 0 Å². The molecule has 94 valence electrons. The van der Waals surface area contributed by atoms with Crippen LogP contribution in [0.5, 0.6) is 0 Å². The number of nitrogens with one attached hydrogen (secondary N) is 1. The molecule has 0 bridgehead atoms. The van der Waals surface area contributed by atoms with Crippen molar-refractivity contribution in [2.24, 2.45) is 5.73 Å². The molecule has 0 saturated carbocycles. The molecule has 0 spiro atoms. The standard InChI is InChI=1S/C8H18N2O.2C2H6/c1-7(11)8(10-2)5-3-4-6-9;2*1-2/h8,10H,3-6,9H2,1-2H3;2*1-2H3. The van der Waals surface area contributed by atoms with Gasteiger partial charge in [0.15, 0.2) is 0 Å². The van der Waals surface area contributed by atoms with E-state index in [-0.39, 0.29) is 11.8 Å². The Morgan fingerprint density at radius 1 is 1.20 bits per heavy atom. The molecule has 0 aromatic carbocycles. The molecule has 0 aromatic heterocycles. The highest BCUT2D eigenvalue weighted by molar-refractivity contribution is 5.81. The molecule has 0 heterocycles. The topological polar surface area (TPSA) is 55.1 Å². The van der Waals surface area contributed by atoms with Crippen molar-refractivity contribution in [3.8, 4) is 0 Å². The van der Waals surface area contributed by atoms with Crippen molar-refractivity contribution in [1.82, 2.24) is 5.32 Å². The molecule has 0 fully saturated rings. The Morgan fingerprint density at radius 3 is 1.93 bits per heavy atom. The molecule has 0 amide bonds. The molecule has 3 nitrogen and oxygen atoms in total. The Bertz CT molecular complexity index is 116. The van der Waals surface area contributed by atoms with Crippen LogP contribution in [0, 0.1) is 0 Å². The van der Waals surface area contributed by atoms with Crippen LogP contribution in [0.4, 0.5) is 0 Å². The van der Waals surface area contributed by atoms with Gasteiger partial charge >= 0.3 is 0 Å². The molecule has 0 aliphatic carbocycles. The van der Waals surface area contributed by atoms with Crippen molar-refractivity contribution < 1.29 is 4.79 Å². The molecule has 3 heteroatoms. The fourth-order valence-electron chi connectivity index (χ4n) is 1.04. The molecule has 0 radical (unpaired) electrons. The summed E-state index contributed by atoms with van der Waals surface area (Å²) in [4.78, 5) is 10.9. The fourth-order valence-corrected chi connectivity index (χ4v) is 1.04. The van der Waals surface area contributed by atoms with E-state index in [9.17, 15) is 4.79 Å². The monoisotopic (exact) mass is 218 g/mol. The lowest BCUT2D eigenvalue weighted by atomic mass is 10.1. The predicted octanol–water partition coefficient (Wildman–Crippen LogP) is 2.34. The van der Waals surface area contributed by atoms with Crippen LogP contribution < -0.4 is 11.1 Å². The summed E-state index contributed by atoms with van der Waals surface area (Å²) in [5, 5.41) is 2.97. The number of hydrogen-bond donors (Lipinski definition) is 2. The summed E-state index contributed by atoms with van der Waals surface area (Å²) < 4.78 is 0. The number of nitrogens with two attached hydrogens (primary N) is 1. The molecule has 0 aromatic rings. The maximum absolute atomic E-state index is 10.9. The van der Waals surface area contributed by atoms with Gasteiger partial charge in [0.1, 0.15) is 5.78 Å². The van der Waals surface area contributed by atoms with Crippen LogP contribution in [0.25, 0.3) is 0 Å². The maximum Gasteiger partial charge on any atom is 0.146 e. The van der Waals surface area contributed by atoms with Crippen LogP contribution in [-0.4, -0.2) is 25.4 Å². The third-order valence-corrected chi connectivity index (χ3v) is 1.79. The van der Waals surface area contributed by atoms with Gasteiger partial charge in [0.05, 0.1) is 6.04 Å². The van der Waals surface area contributed by atoms with Gasteiger partial charge in [-0.2, -0.15) is 0 Å². The number of carbonyl (C=O) groups is 1. The molecule has 1 unspecified atom stereocenters. The van der Waals surface area contributed by atoms with E-state index in [1.54, 1.807) is 6.92 Å². The van der Waals surface area contributed by atoms with Gasteiger partial charge in [-0.05, 0) is 33.4 Å². The molecule has 15 heavy (non-hydrogen) atoms. The van der Waals surface area contributed by atoms with Crippen LogP contribution in [-0.2, 0) is 4.79 Å². The number of likely N-dealkylation sites (N-methyl/N-ethyl adjacent to an activating group) is 1. The zero-order valence-corrected chi connectivity index (χ0v) is 11.4. The second-order valence-electron chi connectivity index (χ2n) is 2.74. The van der Waals surface area contributed by atoms with Gasteiger partial charge in [0.25, 0.3) is 0 Å². The molecule has 1 atom stereocenters. The van der Waals surface area contributed by atoms with Crippen molar-refractivity contribution >= 4 is 5.78 Å². The molecule has 0 saturated heterocycles. The summed E-state index contributed by atoms with van der Waals surface area (Å²) in [5.74, 6) is 0.213. The number of hydrogen-bond acceptors (Lipinski definition) is 3. The summed E-state index contributed by atoms with van der Waals surface area (Å²) in [5.41, 5.74) is 5.33. The van der Waals surface area contributed by atoms with Gasteiger partial charge < -0.3 is 11.1 Å². The van der Waals surface area contributed by atoms with E-state index in [1.165, 1.54) is 0 Å². The van der Waals surface area contributed by atoms with E-state index >= 15 is 0 Å². The molecule has 0 aliphatic heterocycles. The first-order valence-electron chi connectivity index (χ1n) is 6.10. The third-order valence-electron chi connectivity index (χ3n) is 1.79. The van der Waals surface area contributed by atoms with Crippen molar-refractivity contribution in [2.75, 3.05) is 13.6 Å². The SMILES string of the molecule is CC.CC.CNC(CCCCN)C(C)=O. The fraction of sp³-hybridized carbons (Fsp3) is 0.917. The Balaban J connectivity index is -0.000000318. The summed E-state index contributed by atoms with van der Waals surface area (Å²) in [6, 6.07) is 0.0292. The maximum atomic E-state index is 10.9. The minimum absolute atomic E-state index is 0.0292. The van der Waals surface area contributed by atoms with E-state index in [0.717, 1.165) is 19.3 Å². The number of ketones is 1. The number of carbonyl (C=O) groups excluding carboxylic acids is 1. The highest BCUT2D eigenvalue weighted by atomic mass is 16.1. The molecular weight excluding hydrogens is 188 g/mol. The van der Waals surface area contributed by atoms with Crippen molar-refractivity contribution in [2.45, 2.75) is 59.9 Å². The Labute approximate surface area is 95.8 Å². The third kappa shape index (κ3) is 16.3. The van der Waals surface area contributed by atoms with E-state index in [2.05, 4.69) is 5.32 Å². The first kappa shape index (κ1) is 20.1. The summed E-state index contributed by atoms with van der Waals surface area (Å²) in [7, 11) is 1.81. The second kappa shape index (κ2) is 19.2. The van der Waals surface area contributed by atoms with Crippen molar-refractivity contribution in [3.63, 3.8) is 0 Å². The average Bonchev–Trinajstić information content (AvgIpc) is 2.29. The van der Waals surface area contributed by atoms with Crippen LogP contribution in [0.3, 0.4) is 0 Å². The largest absolute Gasteiger partial charge is 0.330 e. The van der Waals surface area contributed by atoms with Gasteiger partial charge in [0.2, 0.25) is 0 Å². The average molecular weight is 218 g/mol. The van der Waals surface area contributed by atoms with Gasteiger partial charge in [-0.3, -0.25) is 4.79 Å². The summed E-state index contributed by atoms with van der Waals surface area (Å²) in [6.45, 7) is 10.3. The zero-order chi connectivity index (χ0) is 12.7. The van der Waals surface area contributed by atoms with Crippen molar-refractivity contribution in [1.29, 1.82) is 0 Å². The molecule has 0 rings (SSSR count). The zero-order valence-electron chi connectivity index (χ0n) is 11.4. The van der Waals surface area contributed by atoms with Crippen molar-refractivity contribution in [3.05, 3.63) is 0 Å². The Kier molecular flexibility index (Phi) is 25.7. The number of unbranched alkanes of at least 4 members (excludes halogenated alkanes) is 1. The predicted molar refractivity (Wildman–Crippen MR) is 69.1 cm³/mol. The van der Waals surface area contributed by atoms with E-state index in [4.69, 9.17) is 5.73 Å². The molecule has 3 N–H and O–H groups in total. The minimum atomic E-state index is 0.0292. The number of Topliss-reactive ketones (excluding diaryl/α,β-unsaturated/α-hetero) is 1. The lowest BCUT2D eigenvalue weighted by Crippen LogP contribution is -2.32. The number of rotatable bonds is 6. The molecular formula is C12H30N2O. The summed E-state index contributed by atoms with van der Waals surface area (Å²) >= 11 is 0. The normalized spacial score (nSPS) is 10.3. The van der Waals surface area contributed by atoms with Gasteiger partial charge in [-0.1, -0.05) is 34.1 Å². The van der Waals surface area contributed by atoms with Crippen LogP contribution >= 0.6 is 0 Å². The van der Waals surface area contributed by atoms with Gasteiger partial charge in [-0.15, -0.1) is 0 Å². The lowest BCUT2D eigenvalue weighted by Gasteiger charge is -2.11. The van der Waals surface area contributed by atoms with Crippen LogP contribution in [0.1, 0.15) is 53.9 Å². The van der Waals surface area contributed by atoms with E-state index in [0.29, 0.717) is 6.54 Å².